The van der Waals surface area contributed by atoms with E-state index in [2.05, 4.69) is 55.4 Å². The highest BCUT2D eigenvalue weighted by atomic mass is 32.1. The summed E-state index contributed by atoms with van der Waals surface area (Å²) in [6.07, 6.45) is 9.44. The second-order valence-corrected chi connectivity index (χ2v) is 21.6. The molecule has 16 heteroatoms. The first kappa shape index (κ1) is 49.1. The molecule has 3 fully saturated rings. The predicted octanol–water partition coefficient (Wildman–Crippen LogP) is 9.91. The van der Waals surface area contributed by atoms with E-state index in [1.54, 1.807) is 0 Å². The Morgan fingerprint density at radius 3 is 2.45 bits per heavy atom. The maximum absolute atomic E-state index is 13.7. The first-order chi connectivity index (χ1) is 35.9. The maximum Gasteiger partial charge on any atom is 0.355 e. The van der Waals surface area contributed by atoms with Crippen LogP contribution in [-0.4, -0.2) is 98.3 Å². The summed E-state index contributed by atoms with van der Waals surface area (Å²) in [7, 11) is 1.95. The first-order valence-corrected chi connectivity index (χ1v) is 27.1. The van der Waals surface area contributed by atoms with Gasteiger partial charge in [0, 0.05) is 75.3 Å². The number of pyridine rings is 1. The normalized spacial score (nSPS) is 19.9. The molecular weight excluding hydrogens is 951 g/mol. The molecule has 6 heterocycles. The minimum atomic E-state index is -1.10. The third kappa shape index (κ3) is 9.96. The van der Waals surface area contributed by atoms with Gasteiger partial charge >= 0.3 is 5.97 Å². The lowest BCUT2D eigenvalue weighted by Crippen LogP contribution is -2.49. The summed E-state index contributed by atoms with van der Waals surface area (Å²) in [5.41, 5.74) is 8.53. The van der Waals surface area contributed by atoms with Gasteiger partial charge in [0.05, 0.1) is 39.1 Å². The smallest absolute Gasteiger partial charge is 0.355 e. The molecule has 11 rings (SSSR count). The summed E-state index contributed by atoms with van der Waals surface area (Å²) in [5.74, 6) is -0.215. The van der Waals surface area contributed by atoms with Crippen molar-refractivity contribution in [1.82, 2.24) is 30.0 Å². The number of ether oxygens (including phenoxy) is 1. The molecule has 0 radical (unpaired) electrons. The van der Waals surface area contributed by atoms with Crippen LogP contribution in [0.3, 0.4) is 0 Å². The van der Waals surface area contributed by atoms with Crippen LogP contribution in [0.2, 0.25) is 0 Å². The van der Waals surface area contributed by atoms with Crippen LogP contribution < -0.4 is 25.2 Å². The van der Waals surface area contributed by atoms with Crippen molar-refractivity contribution in [1.29, 1.82) is 0 Å². The maximum atomic E-state index is 13.7. The summed E-state index contributed by atoms with van der Waals surface area (Å²) in [4.78, 5) is 67.6. The molecule has 1 aliphatic carbocycles. The molecule has 1 saturated carbocycles. The molecule has 0 spiro atoms. The Bertz CT molecular complexity index is 3250. The summed E-state index contributed by atoms with van der Waals surface area (Å²) < 4.78 is 9.61. The molecule has 2 atom stereocenters. The number of rotatable bonds is 14. The molecule has 7 aromatic rings. The van der Waals surface area contributed by atoms with Crippen LogP contribution in [0.25, 0.3) is 32.2 Å². The Balaban J connectivity index is 0.664. The number of aromatic carboxylic acids is 1. The standard InChI is InChI=1S/C58H63N9O6S/c1-35(65-30-32-66(33-31-65)47-17-8-15-43-52(63-64(3)54(43)47)44-25-27-51(68)61-56(44)70)10-6-11-37-20-22-39(23-21-37)73-48-18-9-13-40(36(48)2)41-24-26-50(60-53(41)57(71)72)67-29-28-38-12-7-14-42(45(38)34-67)55(69)62-58-59-46-16-4-5-19-49(46)74-58/h4-5,7-9,12-19,24,26,35,37,39,44H,6,10-11,20-23,25,27-34H2,1-3H3,(H,71,72)(H,59,62,69)(H,61,68,70)/t35-,37-,39-,44?/m1/s1. The second-order valence-electron chi connectivity index (χ2n) is 20.6. The number of para-hydroxylation sites is 2. The fourth-order valence-corrected chi connectivity index (χ4v) is 12.8. The van der Waals surface area contributed by atoms with Gasteiger partial charge in [0.15, 0.2) is 10.8 Å². The number of aryl methyl sites for hydroxylation is 1. The predicted molar refractivity (Wildman–Crippen MR) is 289 cm³/mol. The molecule has 15 nitrogen and oxygen atoms in total. The zero-order chi connectivity index (χ0) is 51.0. The van der Waals surface area contributed by atoms with Crippen LogP contribution in [0, 0.1) is 12.8 Å². The van der Waals surface area contributed by atoms with Crippen LogP contribution in [-0.2, 0) is 29.6 Å². The number of aromatic nitrogens is 4. The number of anilines is 3. The Hall–Kier alpha value is -7.17. The van der Waals surface area contributed by atoms with E-state index in [-0.39, 0.29) is 29.5 Å². The van der Waals surface area contributed by atoms with Gasteiger partial charge in [-0.05, 0) is 129 Å². The van der Waals surface area contributed by atoms with E-state index in [0.29, 0.717) is 66.4 Å². The number of hydrogen-bond donors (Lipinski definition) is 3. The molecule has 382 valence electrons. The van der Waals surface area contributed by atoms with Crippen LogP contribution in [0.5, 0.6) is 5.75 Å². The number of nitrogens with zero attached hydrogens (tertiary/aromatic N) is 7. The number of carboxylic acids is 1. The molecule has 3 N–H and O–H groups in total. The number of thiazole rings is 1. The lowest BCUT2D eigenvalue weighted by molar-refractivity contribution is -0.134. The minimum Gasteiger partial charge on any atom is -0.490 e. The van der Waals surface area contributed by atoms with Crippen molar-refractivity contribution in [2.45, 2.75) is 103 Å². The van der Waals surface area contributed by atoms with Crippen LogP contribution in [0.1, 0.15) is 114 Å². The largest absolute Gasteiger partial charge is 0.490 e. The molecule has 3 aromatic heterocycles. The van der Waals surface area contributed by atoms with Gasteiger partial charge in [0.2, 0.25) is 11.8 Å². The number of benzene rings is 4. The third-order valence-corrected chi connectivity index (χ3v) is 17.0. The van der Waals surface area contributed by atoms with Crippen LogP contribution >= 0.6 is 11.3 Å². The fourth-order valence-electron chi connectivity index (χ4n) is 11.9. The number of fused-ring (bicyclic) bond motifs is 3. The second kappa shape index (κ2) is 21.0. The monoisotopic (exact) mass is 1010 g/mol. The lowest BCUT2D eigenvalue weighted by Gasteiger charge is -2.39. The van der Waals surface area contributed by atoms with Crippen molar-refractivity contribution in [3.63, 3.8) is 0 Å². The molecular formula is C58H63N9O6S. The van der Waals surface area contributed by atoms with Gasteiger partial charge in [-0.3, -0.25) is 34.6 Å². The third-order valence-electron chi connectivity index (χ3n) is 16.1. The Kier molecular flexibility index (Phi) is 13.9. The van der Waals surface area contributed by atoms with Gasteiger partial charge in [-0.1, -0.05) is 72.7 Å². The van der Waals surface area contributed by atoms with Crippen LogP contribution in [0.4, 0.5) is 16.6 Å². The number of imide groups is 1. The van der Waals surface area contributed by atoms with Crippen molar-refractivity contribution in [3.8, 4) is 16.9 Å². The van der Waals surface area contributed by atoms with Gasteiger partial charge in [-0.25, -0.2) is 14.8 Å². The van der Waals surface area contributed by atoms with E-state index in [1.165, 1.54) is 30.6 Å². The number of carbonyl (C=O) groups is 4. The molecule has 4 aromatic carbocycles. The quantitative estimate of drug-likeness (QED) is 0.0881. The average Bonchev–Trinajstić information content (AvgIpc) is 3.99. The summed E-state index contributed by atoms with van der Waals surface area (Å²) in [5, 5.41) is 22.4. The molecule has 3 amide bonds. The first-order valence-electron chi connectivity index (χ1n) is 26.3. The number of carbonyl (C=O) groups excluding carboxylic acids is 3. The number of nitrogens with one attached hydrogen (secondary N) is 2. The molecule has 0 bridgehead atoms. The van der Waals surface area contributed by atoms with E-state index in [1.807, 2.05) is 91.4 Å². The Labute approximate surface area is 434 Å². The van der Waals surface area contributed by atoms with Gasteiger partial charge in [-0.2, -0.15) is 5.10 Å². The van der Waals surface area contributed by atoms with Crippen molar-refractivity contribution in [2.75, 3.05) is 47.8 Å². The van der Waals surface area contributed by atoms with Crippen LogP contribution in [0.15, 0.2) is 91.0 Å². The molecule has 2 saturated heterocycles. The number of piperidine rings is 1. The van der Waals surface area contributed by atoms with Crippen molar-refractivity contribution < 1.29 is 29.0 Å². The highest BCUT2D eigenvalue weighted by Crippen LogP contribution is 2.39. The Morgan fingerprint density at radius 1 is 0.851 bits per heavy atom. The van der Waals surface area contributed by atoms with Gasteiger partial charge in [0.1, 0.15) is 11.6 Å². The van der Waals surface area contributed by atoms with E-state index < -0.39 is 11.9 Å². The van der Waals surface area contributed by atoms with E-state index in [4.69, 9.17) is 14.8 Å². The Morgan fingerprint density at radius 2 is 1.65 bits per heavy atom. The van der Waals surface area contributed by atoms with Gasteiger partial charge in [-0.15, -0.1) is 0 Å². The van der Waals surface area contributed by atoms with Crippen molar-refractivity contribution in [2.24, 2.45) is 13.0 Å². The lowest BCUT2D eigenvalue weighted by atomic mass is 9.84. The molecule has 74 heavy (non-hydrogen) atoms. The summed E-state index contributed by atoms with van der Waals surface area (Å²) in [6.45, 7) is 9.24. The van der Waals surface area contributed by atoms with Gasteiger partial charge < -0.3 is 19.6 Å². The number of hydrogen-bond acceptors (Lipinski definition) is 12. The number of piperazine rings is 1. The molecule has 3 aliphatic heterocycles. The molecule has 4 aliphatic rings. The minimum absolute atomic E-state index is 0.0189. The SMILES string of the molecule is Cc1c(O[C@H]2CC[C@H](CCC[C@@H](C)N3CCN(c4cccc5c(C6CCC(=O)NC6=O)nn(C)c45)CC3)CC2)cccc1-c1ccc(N2CCc3cccc(C(=O)Nc4nc5ccccc5s4)c3C2)nc1C(=O)O. The zero-order valence-electron chi connectivity index (χ0n) is 42.3. The van der Waals surface area contributed by atoms with Gasteiger partial charge in [0.25, 0.3) is 5.91 Å². The number of carboxylic acid groups (broad SMARTS) is 1. The molecule has 1 unspecified atom stereocenters. The fraction of sp³-hybridized carbons (Fsp3) is 0.397. The van der Waals surface area contributed by atoms with E-state index >= 15 is 0 Å². The zero-order valence-corrected chi connectivity index (χ0v) is 43.1. The summed E-state index contributed by atoms with van der Waals surface area (Å²) >= 11 is 1.44. The summed E-state index contributed by atoms with van der Waals surface area (Å²) in [6, 6.07) is 30.0. The van der Waals surface area contributed by atoms with Crippen molar-refractivity contribution in [3.05, 3.63) is 125 Å². The van der Waals surface area contributed by atoms with E-state index in [9.17, 15) is 24.3 Å². The van der Waals surface area contributed by atoms with Crippen molar-refractivity contribution >= 4 is 72.8 Å². The average molecular weight is 1010 g/mol. The highest BCUT2D eigenvalue weighted by molar-refractivity contribution is 7.22. The number of amides is 3. The highest BCUT2D eigenvalue weighted by Gasteiger charge is 2.33. The van der Waals surface area contributed by atoms with E-state index in [0.717, 1.165) is 112 Å². The topological polar surface area (TPSA) is 175 Å².